The fourth-order valence-electron chi connectivity index (χ4n) is 2.93. The first-order valence-corrected chi connectivity index (χ1v) is 7.98. The van der Waals surface area contributed by atoms with Crippen molar-refractivity contribution in [1.82, 2.24) is 9.88 Å². The van der Waals surface area contributed by atoms with Gasteiger partial charge in [-0.15, -0.1) is 0 Å². The Kier molecular flexibility index (Phi) is 5.06. The standard InChI is InChI=1S/C17H27N3O2/c1-12(2)20-11-7-9-14(20)13-8-6-10-18-15(13)19-16(21)22-17(3,4)5/h6,8,10,12,14H,7,9,11H2,1-5H3,(H,18,19,21)/t14-/m0/s1. The number of ether oxygens (including phenoxy) is 1. The van der Waals surface area contributed by atoms with Crippen molar-refractivity contribution in [3.05, 3.63) is 23.9 Å². The summed E-state index contributed by atoms with van der Waals surface area (Å²) in [4.78, 5) is 18.8. The lowest BCUT2D eigenvalue weighted by Gasteiger charge is -2.29. The van der Waals surface area contributed by atoms with Gasteiger partial charge in [-0.25, -0.2) is 9.78 Å². The lowest BCUT2D eigenvalue weighted by molar-refractivity contribution is 0.0635. The second-order valence-corrected chi connectivity index (χ2v) is 7.06. The molecule has 1 aromatic heterocycles. The van der Waals surface area contributed by atoms with Crippen molar-refractivity contribution >= 4 is 11.9 Å². The zero-order chi connectivity index (χ0) is 16.3. The molecular weight excluding hydrogens is 278 g/mol. The lowest BCUT2D eigenvalue weighted by Crippen LogP contribution is -2.32. The molecule has 1 atom stereocenters. The van der Waals surface area contributed by atoms with Crippen molar-refractivity contribution < 1.29 is 9.53 Å². The second kappa shape index (κ2) is 6.65. The maximum absolute atomic E-state index is 12.0. The summed E-state index contributed by atoms with van der Waals surface area (Å²) in [5.74, 6) is 0.606. The highest BCUT2D eigenvalue weighted by atomic mass is 16.6. The molecule has 1 aromatic rings. The summed E-state index contributed by atoms with van der Waals surface area (Å²) < 4.78 is 5.33. The number of rotatable bonds is 3. The molecule has 0 unspecified atom stereocenters. The van der Waals surface area contributed by atoms with Crippen LogP contribution >= 0.6 is 0 Å². The van der Waals surface area contributed by atoms with E-state index < -0.39 is 11.7 Å². The van der Waals surface area contributed by atoms with Crippen molar-refractivity contribution in [3.63, 3.8) is 0 Å². The number of aromatic nitrogens is 1. The third-order valence-corrected chi connectivity index (χ3v) is 3.77. The van der Waals surface area contributed by atoms with Gasteiger partial charge in [-0.1, -0.05) is 6.07 Å². The van der Waals surface area contributed by atoms with E-state index in [0.717, 1.165) is 18.5 Å². The van der Waals surface area contributed by atoms with E-state index >= 15 is 0 Å². The minimum atomic E-state index is -0.518. The van der Waals surface area contributed by atoms with Gasteiger partial charge in [0.1, 0.15) is 11.4 Å². The number of carbonyl (C=O) groups excluding carboxylic acids is 1. The average Bonchev–Trinajstić information content (AvgIpc) is 2.86. The maximum atomic E-state index is 12.0. The molecule has 1 N–H and O–H groups in total. The number of hydrogen-bond acceptors (Lipinski definition) is 4. The monoisotopic (exact) mass is 305 g/mol. The van der Waals surface area contributed by atoms with Crippen LogP contribution in [0.15, 0.2) is 18.3 Å². The van der Waals surface area contributed by atoms with Crippen LogP contribution in [0.5, 0.6) is 0 Å². The molecule has 1 saturated heterocycles. The SMILES string of the molecule is CC(C)N1CCC[C@H]1c1cccnc1NC(=O)OC(C)(C)C. The highest BCUT2D eigenvalue weighted by Crippen LogP contribution is 2.36. The maximum Gasteiger partial charge on any atom is 0.413 e. The molecule has 2 rings (SSSR count). The second-order valence-electron chi connectivity index (χ2n) is 7.06. The Morgan fingerprint density at radius 3 is 2.82 bits per heavy atom. The molecule has 0 aromatic carbocycles. The van der Waals surface area contributed by atoms with Crippen LogP contribution in [0.1, 0.15) is 59.1 Å². The quantitative estimate of drug-likeness (QED) is 0.918. The fraction of sp³-hybridized carbons (Fsp3) is 0.647. The van der Waals surface area contributed by atoms with E-state index in [4.69, 9.17) is 4.74 Å². The van der Waals surface area contributed by atoms with Gasteiger partial charge >= 0.3 is 6.09 Å². The first-order valence-electron chi connectivity index (χ1n) is 7.98. The molecule has 1 fully saturated rings. The van der Waals surface area contributed by atoms with Gasteiger partial charge in [-0.2, -0.15) is 0 Å². The number of amides is 1. The van der Waals surface area contributed by atoms with Gasteiger partial charge in [0.15, 0.2) is 0 Å². The summed E-state index contributed by atoms with van der Waals surface area (Å²) >= 11 is 0. The van der Waals surface area contributed by atoms with Crippen LogP contribution < -0.4 is 5.32 Å². The lowest BCUT2D eigenvalue weighted by atomic mass is 10.0. The van der Waals surface area contributed by atoms with E-state index in [0.29, 0.717) is 17.9 Å². The first-order chi connectivity index (χ1) is 10.3. The number of nitrogens with one attached hydrogen (secondary N) is 1. The third-order valence-electron chi connectivity index (χ3n) is 3.77. The normalized spacial score (nSPS) is 19.5. The summed E-state index contributed by atoms with van der Waals surface area (Å²) in [6, 6.07) is 4.75. The molecule has 5 nitrogen and oxygen atoms in total. The molecule has 1 aliphatic rings. The molecular formula is C17H27N3O2. The van der Waals surface area contributed by atoms with E-state index in [2.05, 4.69) is 29.0 Å². The van der Waals surface area contributed by atoms with Crippen molar-refractivity contribution in [2.24, 2.45) is 0 Å². The Balaban J connectivity index is 2.18. The van der Waals surface area contributed by atoms with Gasteiger partial charge in [0.2, 0.25) is 0 Å². The van der Waals surface area contributed by atoms with Gasteiger partial charge in [0.25, 0.3) is 0 Å². The van der Waals surface area contributed by atoms with E-state index in [9.17, 15) is 4.79 Å². The van der Waals surface area contributed by atoms with Crippen molar-refractivity contribution in [2.75, 3.05) is 11.9 Å². The van der Waals surface area contributed by atoms with Crippen molar-refractivity contribution in [2.45, 2.75) is 65.1 Å². The molecule has 5 heteroatoms. The molecule has 1 aliphatic heterocycles. The number of anilines is 1. The van der Waals surface area contributed by atoms with Crippen LogP contribution in [0.3, 0.4) is 0 Å². The van der Waals surface area contributed by atoms with Gasteiger partial charge in [-0.05, 0) is 60.1 Å². The Morgan fingerprint density at radius 1 is 1.45 bits per heavy atom. The molecule has 0 aliphatic carbocycles. The number of hydrogen-bond donors (Lipinski definition) is 1. The topological polar surface area (TPSA) is 54.5 Å². The third kappa shape index (κ3) is 4.19. The van der Waals surface area contributed by atoms with Gasteiger partial charge < -0.3 is 4.74 Å². The molecule has 122 valence electrons. The summed E-state index contributed by atoms with van der Waals surface area (Å²) in [7, 11) is 0. The van der Waals surface area contributed by atoms with Crippen LogP contribution in [0.2, 0.25) is 0 Å². The molecule has 1 amide bonds. The van der Waals surface area contributed by atoms with Gasteiger partial charge in [0.05, 0.1) is 0 Å². The Labute approximate surface area is 133 Å². The van der Waals surface area contributed by atoms with Crippen LogP contribution in [-0.4, -0.2) is 34.2 Å². The Hall–Kier alpha value is -1.62. The zero-order valence-corrected chi connectivity index (χ0v) is 14.2. The summed E-state index contributed by atoms with van der Waals surface area (Å²) in [6.07, 6.45) is 3.50. The van der Waals surface area contributed by atoms with E-state index in [1.54, 1.807) is 6.20 Å². The van der Waals surface area contributed by atoms with Crippen molar-refractivity contribution in [3.8, 4) is 0 Å². The number of likely N-dealkylation sites (tertiary alicyclic amines) is 1. The zero-order valence-electron chi connectivity index (χ0n) is 14.2. The Bertz CT molecular complexity index is 523. The fourth-order valence-corrected chi connectivity index (χ4v) is 2.93. The molecule has 2 heterocycles. The van der Waals surface area contributed by atoms with Crippen molar-refractivity contribution in [1.29, 1.82) is 0 Å². The minimum Gasteiger partial charge on any atom is -0.444 e. The van der Waals surface area contributed by atoms with Gasteiger partial charge in [-0.3, -0.25) is 10.2 Å². The molecule has 0 radical (unpaired) electrons. The highest BCUT2D eigenvalue weighted by Gasteiger charge is 2.30. The summed E-state index contributed by atoms with van der Waals surface area (Å²) in [5.41, 5.74) is 0.552. The molecule has 0 bridgehead atoms. The predicted molar refractivity (Wildman–Crippen MR) is 87.9 cm³/mol. The van der Waals surface area contributed by atoms with E-state index in [1.807, 2.05) is 32.9 Å². The largest absolute Gasteiger partial charge is 0.444 e. The Morgan fingerprint density at radius 2 is 2.18 bits per heavy atom. The van der Waals surface area contributed by atoms with E-state index in [1.165, 1.54) is 6.42 Å². The van der Waals surface area contributed by atoms with Crippen LogP contribution in [0, 0.1) is 0 Å². The number of nitrogens with zero attached hydrogens (tertiary/aromatic N) is 2. The van der Waals surface area contributed by atoms with Gasteiger partial charge in [0, 0.05) is 23.8 Å². The molecule has 22 heavy (non-hydrogen) atoms. The highest BCUT2D eigenvalue weighted by molar-refractivity contribution is 5.84. The van der Waals surface area contributed by atoms with Crippen LogP contribution in [0.4, 0.5) is 10.6 Å². The number of pyridine rings is 1. The number of carbonyl (C=O) groups is 1. The summed E-state index contributed by atoms with van der Waals surface area (Å²) in [6.45, 7) is 11.0. The van der Waals surface area contributed by atoms with E-state index in [-0.39, 0.29) is 0 Å². The average molecular weight is 305 g/mol. The van der Waals surface area contributed by atoms with Crippen LogP contribution in [-0.2, 0) is 4.74 Å². The summed E-state index contributed by atoms with van der Waals surface area (Å²) in [5, 5.41) is 2.80. The smallest absolute Gasteiger partial charge is 0.413 e. The first kappa shape index (κ1) is 16.7. The minimum absolute atomic E-state index is 0.304. The van der Waals surface area contributed by atoms with Crippen LogP contribution in [0.25, 0.3) is 0 Å². The molecule has 0 spiro atoms. The molecule has 0 saturated carbocycles. The predicted octanol–water partition coefficient (Wildman–Crippen LogP) is 3.97.